The summed E-state index contributed by atoms with van der Waals surface area (Å²) >= 11 is 0. The van der Waals surface area contributed by atoms with Gasteiger partial charge < -0.3 is 34.3 Å². The van der Waals surface area contributed by atoms with Gasteiger partial charge in [0.2, 0.25) is 0 Å². The smallest absolute Gasteiger partial charge is 0.195 e. The first-order valence-electron chi connectivity index (χ1n) is 10.2. The van der Waals surface area contributed by atoms with Gasteiger partial charge in [0.05, 0.1) is 34.5 Å². The lowest BCUT2D eigenvalue weighted by Gasteiger charge is -2.21. The quantitative estimate of drug-likeness (QED) is 0.367. The van der Waals surface area contributed by atoms with Crippen LogP contribution in [0.1, 0.15) is 22.0 Å². The van der Waals surface area contributed by atoms with Gasteiger partial charge in [-0.1, -0.05) is 6.07 Å². The third-order valence-electron chi connectivity index (χ3n) is 4.92. The second-order valence-electron chi connectivity index (χ2n) is 6.88. The van der Waals surface area contributed by atoms with Crippen LogP contribution in [0.3, 0.4) is 0 Å². The summed E-state index contributed by atoms with van der Waals surface area (Å²) in [6.07, 6.45) is -1.40. The molecule has 1 unspecified atom stereocenters. The molecule has 0 aliphatic carbocycles. The van der Waals surface area contributed by atoms with Crippen LogP contribution in [0.4, 0.5) is 0 Å². The maximum absolute atomic E-state index is 12.8. The van der Waals surface area contributed by atoms with Gasteiger partial charge in [0.25, 0.3) is 0 Å². The van der Waals surface area contributed by atoms with E-state index in [1.165, 1.54) is 27.4 Å². The summed E-state index contributed by atoms with van der Waals surface area (Å²) in [4.78, 5) is 14.7. The molecule has 0 radical (unpaired) electrons. The van der Waals surface area contributed by atoms with Crippen LogP contribution in [0.15, 0.2) is 36.4 Å². The van der Waals surface area contributed by atoms with Crippen molar-refractivity contribution in [3.05, 3.63) is 47.5 Å². The largest absolute Gasteiger partial charge is 0.493 e. The van der Waals surface area contributed by atoms with Gasteiger partial charge in [-0.2, -0.15) is 0 Å². The number of aliphatic hydroxyl groups excluding tert-OH is 3. The van der Waals surface area contributed by atoms with E-state index in [0.717, 1.165) is 0 Å². The van der Waals surface area contributed by atoms with E-state index in [4.69, 9.17) is 29.2 Å². The predicted octanol–water partition coefficient (Wildman–Crippen LogP) is 1.29. The van der Waals surface area contributed by atoms with E-state index >= 15 is 0 Å². The predicted molar refractivity (Wildman–Crippen MR) is 118 cm³/mol. The van der Waals surface area contributed by atoms with Crippen LogP contribution in [0.2, 0.25) is 0 Å². The Hall–Kier alpha value is -2.85. The summed E-state index contributed by atoms with van der Waals surface area (Å²) in [6, 6.07) is 9.46. The zero-order chi connectivity index (χ0) is 23.5. The molecule has 32 heavy (non-hydrogen) atoms. The summed E-state index contributed by atoms with van der Waals surface area (Å²) in [5.41, 5.74) is 0.637. The number of ether oxygens (including phenoxy) is 4. The highest BCUT2D eigenvalue weighted by atomic mass is 16.5. The average Bonchev–Trinajstić information content (AvgIpc) is 2.82. The molecule has 2 aromatic carbocycles. The number of hydrogen-bond acceptors (Lipinski definition) is 9. The number of Topliss-reactive ketones (excluding diaryl/α,β-unsaturated/α-hetero) is 1. The molecule has 3 N–H and O–H groups in total. The summed E-state index contributed by atoms with van der Waals surface area (Å²) in [5, 5.41) is 28.8. The van der Waals surface area contributed by atoms with E-state index in [-0.39, 0.29) is 18.8 Å². The third kappa shape index (κ3) is 6.57. The number of carbonyl (C=O) groups excluding carboxylic acids is 1. The molecular weight excluding hydrogens is 418 g/mol. The van der Waals surface area contributed by atoms with Crippen molar-refractivity contribution in [1.82, 2.24) is 4.90 Å². The number of rotatable bonds is 14. The number of ketones is 1. The van der Waals surface area contributed by atoms with E-state index in [0.29, 0.717) is 54.8 Å². The topological polar surface area (TPSA) is 118 Å². The lowest BCUT2D eigenvalue weighted by molar-refractivity contribution is 0.0746. The maximum atomic E-state index is 12.8. The summed E-state index contributed by atoms with van der Waals surface area (Å²) in [7, 11) is 4.44. The fraction of sp³-hybridized carbons (Fsp3) is 0.435. The highest BCUT2D eigenvalue weighted by molar-refractivity contribution is 6.00. The SMILES string of the molecule is COc1ccc(C(=O)C(O)c2ccc(OCCN(CCO)CCO)c(OC)c2)cc1OC. The van der Waals surface area contributed by atoms with Gasteiger partial charge in [0.1, 0.15) is 12.7 Å². The van der Waals surface area contributed by atoms with Gasteiger partial charge in [-0.3, -0.25) is 9.69 Å². The minimum atomic E-state index is -1.40. The molecule has 0 saturated carbocycles. The zero-order valence-electron chi connectivity index (χ0n) is 18.6. The second-order valence-corrected chi connectivity index (χ2v) is 6.88. The molecule has 9 heteroatoms. The highest BCUT2D eigenvalue weighted by Crippen LogP contribution is 2.33. The van der Waals surface area contributed by atoms with Crippen molar-refractivity contribution in [2.45, 2.75) is 6.10 Å². The molecule has 0 heterocycles. The van der Waals surface area contributed by atoms with Gasteiger partial charge in [-0.15, -0.1) is 0 Å². The second kappa shape index (κ2) is 12.9. The van der Waals surface area contributed by atoms with E-state index < -0.39 is 11.9 Å². The molecule has 2 aromatic rings. The summed E-state index contributed by atoms with van der Waals surface area (Å²) in [6.45, 7) is 1.66. The average molecular weight is 450 g/mol. The molecule has 0 aromatic heterocycles. The van der Waals surface area contributed by atoms with Crippen molar-refractivity contribution in [1.29, 1.82) is 0 Å². The van der Waals surface area contributed by atoms with Gasteiger partial charge in [0, 0.05) is 25.2 Å². The summed E-state index contributed by atoms with van der Waals surface area (Å²) in [5.74, 6) is 1.21. The minimum Gasteiger partial charge on any atom is -0.493 e. The molecule has 0 spiro atoms. The standard InChI is InChI=1S/C23H31NO8/c1-29-18-6-4-16(14-20(18)30-2)22(27)23(28)17-5-7-19(21(15-17)31-3)32-13-10-24(8-11-25)9-12-26/h4-7,14-15,23,25-26,28H,8-13H2,1-3H3. The molecule has 9 nitrogen and oxygen atoms in total. The maximum Gasteiger partial charge on any atom is 0.195 e. The van der Waals surface area contributed by atoms with E-state index in [9.17, 15) is 9.90 Å². The highest BCUT2D eigenvalue weighted by Gasteiger charge is 2.22. The lowest BCUT2D eigenvalue weighted by atomic mass is 9.99. The Morgan fingerprint density at radius 2 is 1.44 bits per heavy atom. The number of methoxy groups -OCH3 is 3. The third-order valence-corrected chi connectivity index (χ3v) is 4.92. The Morgan fingerprint density at radius 3 is 2.03 bits per heavy atom. The van der Waals surface area contributed by atoms with E-state index in [2.05, 4.69) is 0 Å². The van der Waals surface area contributed by atoms with Crippen LogP contribution in [-0.4, -0.2) is 86.8 Å². The van der Waals surface area contributed by atoms with Gasteiger partial charge in [-0.05, 0) is 35.9 Å². The van der Waals surface area contributed by atoms with Crippen LogP contribution in [-0.2, 0) is 0 Å². The normalized spacial score (nSPS) is 11.8. The molecule has 176 valence electrons. The molecule has 0 amide bonds. The van der Waals surface area contributed by atoms with Crippen molar-refractivity contribution < 1.29 is 39.1 Å². The molecule has 0 bridgehead atoms. The van der Waals surface area contributed by atoms with Crippen molar-refractivity contribution in [2.75, 3.05) is 60.8 Å². The van der Waals surface area contributed by atoms with E-state index in [1.54, 1.807) is 30.3 Å². The van der Waals surface area contributed by atoms with Crippen LogP contribution in [0.25, 0.3) is 0 Å². The number of nitrogens with zero attached hydrogens (tertiary/aromatic N) is 1. The van der Waals surface area contributed by atoms with Gasteiger partial charge in [-0.25, -0.2) is 0 Å². The van der Waals surface area contributed by atoms with Crippen molar-refractivity contribution in [3.63, 3.8) is 0 Å². The summed E-state index contributed by atoms with van der Waals surface area (Å²) < 4.78 is 21.5. The van der Waals surface area contributed by atoms with Crippen LogP contribution < -0.4 is 18.9 Å². The van der Waals surface area contributed by atoms with Crippen LogP contribution in [0.5, 0.6) is 23.0 Å². The Morgan fingerprint density at radius 1 is 0.844 bits per heavy atom. The minimum absolute atomic E-state index is 0.00992. The first-order valence-corrected chi connectivity index (χ1v) is 10.2. The van der Waals surface area contributed by atoms with E-state index in [1.807, 2.05) is 4.90 Å². The lowest BCUT2D eigenvalue weighted by Crippen LogP contribution is -2.33. The Balaban J connectivity index is 2.11. The van der Waals surface area contributed by atoms with Gasteiger partial charge >= 0.3 is 0 Å². The molecule has 2 rings (SSSR count). The van der Waals surface area contributed by atoms with Crippen molar-refractivity contribution >= 4 is 5.78 Å². The Bertz CT molecular complexity index is 867. The first kappa shape index (κ1) is 25.4. The molecule has 0 fully saturated rings. The van der Waals surface area contributed by atoms with Crippen LogP contribution >= 0.6 is 0 Å². The Kier molecular flexibility index (Phi) is 10.2. The van der Waals surface area contributed by atoms with Gasteiger partial charge in [0.15, 0.2) is 28.8 Å². The molecule has 0 aliphatic heterocycles. The molecule has 0 saturated heterocycles. The number of aliphatic hydroxyl groups is 3. The number of carbonyl (C=O) groups is 1. The fourth-order valence-electron chi connectivity index (χ4n) is 3.18. The molecule has 1 atom stereocenters. The van der Waals surface area contributed by atoms with Crippen LogP contribution in [0, 0.1) is 0 Å². The Labute approximate surface area is 187 Å². The first-order chi connectivity index (χ1) is 15.5. The number of benzene rings is 2. The zero-order valence-corrected chi connectivity index (χ0v) is 18.6. The van der Waals surface area contributed by atoms with Crippen molar-refractivity contribution in [2.24, 2.45) is 0 Å². The fourth-order valence-corrected chi connectivity index (χ4v) is 3.18. The molecule has 0 aliphatic rings. The van der Waals surface area contributed by atoms with Crippen molar-refractivity contribution in [3.8, 4) is 23.0 Å². The number of hydrogen-bond donors (Lipinski definition) is 3. The monoisotopic (exact) mass is 449 g/mol. The molecular formula is C23H31NO8.